The molecule has 1 fully saturated rings. The molecule has 3 aromatic rings. The topological polar surface area (TPSA) is 37.6 Å². The Bertz CT molecular complexity index is 963. The molecule has 0 bridgehead atoms. The number of aromatic nitrogens is 1. The van der Waals surface area contributed by atoms with Crippen LogP contribution in [0.25, 0.3) is 0 Å². The maximum absolute atomic E-state index is 10.9. The Kier molecular flexibility index (Phi) is 8.62. The number of nitrogens with zero attached hydrogens (tertiary/aromatic N) is 2. The molecule has 1 heterocycles. The van der Waals surface area contributed by atoms with Crippen molar-refractivity contribution in [3.63, 3.8) is 0 Å². The number of hydrogen-bond donors (Lipinski definition) is 1. The molecule has 4 rings (SSSR count). The Balaban J connectivity index is 1.44. The van der Waals surface area contributed by atoms with Crippen molar-refractivity contribution in [3.05, 3.63) is 89.7 Å². The predicted octanol–water partition coefficient (Wildman–Crippen LogP) is 5.53. The largest absolute Gasteiger partial charge is 0.497 e. The van der Waals surface area contributed by atoms with E-state index in [1.165, 1.54) is 48.9 Å². The zero-order valence-electron chi connectivity index (χ0n) is 19.9. The lowest BCUT2D eigenvalue weighted by atomic mass is 9.89. The van der Waals surface area contributed by atoms with Crippen LogP contribution in [0.5, 0.6) is 5.75 Å². The van der Waals surface area contributed by atoms with Crippen LogP contribution in [0.2, 0.25) is 0 Å². The molecule has 1 atom stereocenters. The van der Waals surface area contributed by atoms with E-state index in [1.807, 2.05) is 30.3 Å². The molecule has 1 unspecified atom stereocenters. The van der Waals surface area contributed by atoms with Crippen LogP contribution in [0.4, 0.5) is 0 Å². The highest BCUT2D eigenvalue weighted by molar-refractivity contribution is 5.29. The van der Waals surface area contributed by atoms with Gasteiger partial charge in [-0.3, -0.25) is 4.90 Å². The quantitative estimate of drug-likeness (QED) is 0.421. The number of aliphatic hydroxyl groups is 1. The summed E-state index contributed by atoms with van der Waals surface area (Å²) in [7, 11) is 1.71. The van der Waals surface area contributed by atoms with Crippen LogP contribution in [-0.4, -0.2) is 40.9 Å². The van der Waals surface area contributed by atoms with Gasteiger partial charge in [-0.2, -0.15) is 0 Å². The number of methoxy groups -OCH3 is 1. The summed E-state index contributed by atoms with van der Waals surface area (Å²) in [6, 6.07) is 23.0. The summed E-state index contributed by atoms with van der Waals surface area (Å²) in [5, 5.41) is 10.9. The van der Waals surface area contributed by atoms with Gasteiger partial charge in [0.15, 0.2) is 0 Å². The van der Waals surface area contributed by atoms with E-state index in [-0.39, 0.29) is 6.10 Å². The van der Waals surface area contributed by atoms with Gasteiger partial charge in [-0.05, 0) is 60.6 Å². The van der Waals surface area contributed by atoms with Crippen molar-refractivity contribution in [1.29, 1.82) is 0 Å². The van der Waals surface area contributed by atoms with E-state index < -0.39 is 0 Å². The molecule has 0 radical (unpaired) electrons. The van der Waals surface area contributed by atoms with Gasteiger partial charge in [0.2, 0.25) is 0 Å². The van der Waals surface area contributed by atoms with E-state index in [1.54, 1.807) is 7.11 Å². The average molecular weight is 447 g/mol. The Morgan fingerprint density at radius 3 is 2.55 bits per heavy atom. The molecule has 33 heavy (non-hydrogen) atoms. The smallest absolute Gasteiger partial charge is 0.119 e. The van der Waals surface area contributed by atoms with Gasteiger partial charge >= 0.3 is 0 Å². The van der Waals surface area contributed by atoms with Crippen LogP contribution in [0, 0.1) is 5.92 Å². The summed E-state index contributed by atoms with van der Waals surface area (Å²) >= 11 is 0. The van der Waals surface area contributed by atoms with Gasteiger partial charge in [-0.25, -0.2) is 0 Å². The molecule has 176 valence electrons. The Hall–Kier alpha value is -2.56. The molecule has 1 N–H and O–H groups in total. The second-order valence-electron chi connectivity index (χ2n) is 9.52. The SMILES string of the molecule is COc1cccc(Cn2cccc2CN(CC(O)Cc2ccccc2)CC2CCCCC2)c1. The fraction of sp³-hybridized carbons (Fsp3) is 0.448. The molecule has 0 saturated heterocycles. The van der Waals surface area contributed by atoms with Crippen molar-refractivity contribution < 1.29 is 9.84 Å². The number of ether oxygens (including phenoxy) is 1. The monoisotopic (exact) mass is 446 g/mol. The fourth-order valence-electron chi connectivity index (χ4n) is 5.13. The van der Waals surface area contributed by atoms with Gasteiger partial charge in [-0.15, -0.1) is 0 Å². The summed E-state index contributed by atoms with van der Waals surface area (Å²) in [6.07, 6.45) is 9.19. The highest BCUT2D eigenvalue weighted by Gasteiger charge is 2.21. The van der Waals surface area contributed by atoms with Gasteiger partial charge < -0.3 is 14.4 Å². The minimum absolute atomic E-state index is 0.363. The van der Waals surface area contributed by atoms with Crippen molar-refractivity contribution in [2.24, 2.45) is 5.92 Å². The lowest BCUT2D eigenvalue weighted by Crippen LogP contribution is -2.37. The Morgan fingerprint density at radius 2 is 1.76 bits per heavy atom. The Labute approximate surface area is 198 Å². The van der Waals surface area contributed by atoms with E-state index >= 15 is 0 Å². The van der Waals surface area contributed by atoms with Crippen LogP contribution in [0.3, 0.4) is 0 Å². The van der Waals surface area contributed by atoms with Crippen molar-refractivity contribution in [2.45, 2.75) is 57.7 Å². The van der Waals surface area contributed by atoms with Crippen molar-refractivity contribution in [3.8, 4) is 5.75 Å². The average Bonchev–Trinajstić information content (AvgIpc) is 3.26. The summed E-state index contributed by atoms with van der Waals surface area (Å²) in [4.78, 5) is 2.49. The van der Waals surface area contributed by atoms with Gasteiger partial charge in [0.1, 0.15) is 5.75 Å². The summed E-state index contributed by atoms with van der Waals surface area (Å²) in [5.41, 5.74) is 3.72. The first-order valence-electron chi connectivity index (χ1n) is 12.4. The van der Waals surface area contributed by atoms with Gasteiger partial charge in [0, 0.05) is 38.1 Å². The predicted molar refractivity (Wildman–Crippen MR) is 135 cm³/mol. The molecule has 4 heteroatoms. The molecular formula is C29H38N2O2. The highest BCUT2D eigenvalue weighted by Crippen LogP contribution is 2.25. The van der Waals surface area contributed by atoms with Crippen molar-refractivity contribution in [2.75, 3.05) is 20.2 Å². The lowest BCUT2D eigenvalue weighted by molar-refractivity contribution is 0.0915. The first-order chi connectivity index (χ1) is 16.2. The third-order valence-electron chi connectivity index (χ3n) is 6.82. The van der Waals surface area contributed by atoms with Gasteiger partial charge in [-0.1, -0.05) is 61.7 Å². The number of rotatable bonds is 11. The number of aliphatic hydroxyl groups excluding tert-OH is 1. The summed E-state index contributed by atoms with van der Waals surface area (Å²) in [5.74, 6) is 1.63. The minimum atomic E-state index is -0.363. The van der Waals surface area contributed by atoms with E-state index in [0.29, 0.717) is 13.0 Å². The summed E-state index contributed by atoms with van der Waals surface area (Å²) in [6.45, 7) is 3.45. The van der Waals surface area contributed by atoms with E-state index in [9.17, 15) is 5.11 Å². The molecule has 1 aliphatic rings. The third-order valence-corrected chi connectivity index (χ3v) is 6.82. The molecular weight excluding hydrogens is 408 g/mol. The van der Waals surface area contributed by atoms with Crippen LogP contribution in [-0.2, 0) is 19.5 Å². The second kappa shape index (κ2) is 12.1. The molecule has 2 aromatic carbocycles. The molecule has 4 nitrogen and oxygen atoms in total. The number of hydrogen-bond acceptors (Lipinski definition) is 3. The van der Waals surface area contributed by atoms with Gasteiger partial charge in [0.25, 0.3) is 0 Å². The standard InChI is InChI=1S/C29H38N2O2/c1-33-29-16-8-14-26(19-29)21-31-17-9-15-27(31)22-30(20-25-12-6-3-7-13-25)23-28(32)18-24-10-4-2-5-11-24/h2,4-5,8-11,14-17,19,25,28,32H,3,6-7,12-13,18,20-23H2,1H3. The molecule has 1 aromatic heterocycles. The van der Waals surface area contributed by atoms with Crippen LogP contribution in [0.1, 0.15) is 48.9 Å². The number of benzene rings is 2. The maximum Gasteiger partial charge on any atom is 0.119 e. The molecule has 0 amide bonds. The third kappa shape index (κ3) is 7.21. The maximum atomic E-state index is 10.9. The molecule has 1 saturated carbocycles. The van der Waals surface area contributed by atoms with E-state index in [2.05, 4.69) is 52.1 Å². The Morgan fingerprint density at radius 1 is 0.970 bits per heavy atom. The van der Waals surface area contributed by atoms with E-state index in [0.717, 1.165) is 31.3 Å². The fourth-order valence-corrected chi connectivity index (χ4v) is 5.13. The zero-order valence-corrected chi connectivity index (χ0v) is 19.9. The normalized spacial score (nSPS) is 15.6. The molecule has 0 aliphatic heterocycles. The van der Waals surface area contributed by atoms with Crippen molar-refractivity contribution >= 4 is 0 Å². The van der Waals surface area contributed by atoms with Crippen LogP contribution < -0.4 is 4.74 Å². The molecule has 1 aliphatic carbocycles. The lowest BCUT2D eigenvalue weighted by Gasteiger charge is -2.31. The van der Waals surface area contributed by atoms with Gasteiger partial charge in [0.05, 0.1) is 13.2 Å². The zero-order chi connectivity index (χ0) is 22.9. The first-order valence-corrected chi connectivity index (χ1v) is 12.4. The van der Waals surface area contributed by atoms with Crippen molar-refractivity contribution in [1.82, 2.24) is 9.47 Å². The minimum Gasteiger partial charge on any atom is -0.497 e. The summed E-state index contributed by atoms with van der Waals surface area (Å²) < 4.78 is 7.73. The molecule has 0 spiro atoms. The van der Waals surface area contributed by atoms with Crippen LogP contribution >= 0.6 is 0 Å². The first kappa shape index (κ1) is 23.6. The van der Waals surface area contributed by atoms with E-state index in [4.69, 9.17) is 4.74 Å². The second-order valence-corrected chi connectivity index (χ2v) is 9.52. The van der Waals surface area contributed by atoms with Crippen LogP contribution in [0.15, 0.2) is 72.9 Å². The highest BCUT2D eigenvalue weighted by atomic mass is 16.5.